The number of aliphatic hydroxyl groups excluding tert-OH is 1. The van der Waals surface area contributed by atoms with Gasteiger partial charge in [0.15, 0.2) is 0 Å². The molecule has 3 nitrogen and oxygen atoms in total. The zero-order valence-corrected chi connectivity index (χ0v) is 12.4. The van der Waals surface area contributed by atoms with Crippen LogP contribution in [0.2, 0.25) is 0 Å². The van der Waals surface area contributed by atoms with Crippen molar-refractivity contribution in [1.29, 1.82) is 0 Å². The molecule has 0 unspecified atom stereocenters. The molecule has 1 heterocycles. The largest absolute Gasteiger partial charge is 0.493 e. The van der Waals surface area contributed by atoms with Crippen LogP contribution >= 0.6 is 0 Å². The summed E-state index contributed by atoms with van der Waals surface area (Å²) in [6.07, 6.45) is -0.572. The minimum Gasteiger partial charge on any atom is -0.493 e. The van der Waals surface area contributed by atoms with Crippen molar-refractivity contribution in [2.75, 3.05) is 13.7 Å². The molecule has 3 heteroatoms. The van der Waals surface area contributed by atoms with Crippen LogP contribution < -0.4 is 10.1 Å². The van der Waals surface area contributed by atoms with Gasteiger partial charge in [0.2, 0.25) is 0 Å². The average molecular weight is 283 g/mol. The second-order valence-electron chi connectivity index (χ2n) is 5.72. The van der Waals surface area contributed by atoms with Crippen LogP contribution in [0.25, 0.3) is 0 Å². The van der Waals surface area contributed by atoms with Crippen molar-refractivity contribution in [1.82, 2.24) is 5.32 Å². The van der Waals surface area contributed by atoms with Crippen molar-refractivity contribution in [3.05, 3.63) is 65.7 Å². The molecule has 0 radical (unpaired) electrons. The van der Waals surface area contributed by atoms with Crippen LogP contribution in [0.15, 0.2) is 54.6 Å². The summed E-state index contributed by atoms with van der Waals surface area (Å²) < 4.78 is 5.88. The van der Waals surface area contributed by atoms with Gasteiger partial charge in [-0.2, -0.15) is 0 Å². The normalized spacial score (nSPS) is 25.8. The number of hydrogen-bond acceptors (Lipinski definition) is 3. The lowest BCUT2D eigenvalue weighted by atomic mass is 9.73. The molecule has 1 aliphatic heterocycles. The van der Waals surface area contributed by atoms with E-state index in [9.17, 15) is 5.11 Å². The number of aliphatic hydroxyl groups is 1. The fourth-order valence-electron chi connectivity index (χ4n) is 3.18. The zero-order chi connectivity index (χ0) is 14.9. The van der Waals surface area contributed by atoms with Crippen molar-refractivity contribution in [2.45, 2.75) is 18.6 Å². The summed E-state index contributed by atoms with van der Waals surface area (Å²) in [6.45, 7) is 2.62. The van der Waals surface area contributed by atoms with Crippen LogP contribution in [0, 0.1) is 5.92 Å². The third kappa shape index (κ3) is 2.33. The summed E-state index contributed by atoms with van der Waals surface area (Å²) in [5, 5.41) is 14.2. The van der Waals surface area contributed by atoms with Crippen LogP contribution in [0.1, 0.15) is 24.2 Å². The van der Waals surface area contributed by atoms with E-state index < -0.39 is 6.10 Å². The number of hydrogen-bond donors (Lipinski definition) is 2. The van der Waals surface area contributed by atoms with Crippen LogP contribution in [0.5, 0.6) is 5.75 Å². The lowest BCUT2D eigenvalue weighted by Gasteiger charge is -2.44. The van der Waals surface area contributed by atoms with Crippen LogP contribution in [-0.2, 0) is 5.54 Å². The molecule has 0 bridgehead atoms. The van der Waals surface area contributed by atoms with Crippen molar-refractivity contribution >= 4 is 0 Å². The minimum atomic E-state index is -0.572. The van der Waals surface area contributed by atoms with E-state index in [1.807, 2.05) is 55.6 Å². The standard InChI is InChI=1S/C18H21NO2/c1-18(19-2)14-10-6-7-11-16(14)21-12-15(18)17(20)13-8-4-3-5-9-13/h3-11,15,17,19-20H,12H2,1-2H3/t15-,17-,18-/m0/s1. The Bertz CT molecular complexity index is 614. The molecule has 2 N–H and O–H groups in total. The quantitative estimate of drug-likeness (QED) is 0.910. The summed E-state index contributed by atoms with van der Waals surface area (Å²) >= 11 is 0. The number of fused-ring (bicyclic) bond motifs is 1. The average Bonchev–Trinajstić information content (AvgIpc) is 2.55. The lowest BCUT2D eigenvalue weighted by Crippen LogP contribution is -2.51. The Balaban J connectivity index is 2.00. The second kappa shape index (κ2) is 5.51. The molecular formula is C18H21NO2. The molecule has 110 valence electrons. The van der Waals surface area contributed by atoms with Crippen LogP contribution in [0.4, 0.5) is 0 Å². The van der Waals surface area contributed by atoms with Crippen molar-refractivity contribution in [3.63, 3.8) is 0 Å². The van der Waals surface area contributed by atoms with Crippen LogP contribution in [0.3, 0.4) is 0 Å². The van der Waals surface area contributed by atoms with Gasteiger partial charge in [0.05, 0.1) is 18.2 Å². The summed E-state index contributed by atoms with van der Waals surface area (Å²) in [5.74, 6) is 0.839. The lowest BCUT2D eigenvalue weighted by molar-refractivity contribution is 0.00295. The third-order valence-corrected chi connectivity index (χ3v) is 4.65. The minimum absolute atomic E-state index is 0.0557. The summed E-state index contributed by atoms with van der Waals surface area (Å²) in [6, 6.07) is 17.8. The fraction of sp³-hybridized carbons (Fsp3) is 0.333. The van der Waals surface area contributed by atoms with E-state index in [1.54, 1.807) is 0 Å². The number of benzene rings is 2. The van der Waals surface area contributed by atoms with Gasteiger partial charge in [-0.3, -0.25) is 0 Å². The molecule has 2 aromatic rings. The Morgan fingerprint density at radius 1 is 1.14 bits per heavy atom. The van der Waals surface area contributed by atoms with Gasteiger partial charge in [-0.25, -0.2) is 0 Å². The summed E-state index contributed by atoms with van der Waals surface area (Å²) in [5.41, 5.74) is 1.69. The fourth-order valence-corrected chi connectivity index (χ4v) is 3.18. The Morgan fingerprint density at radius 3 is 2.52 bits per heavy atom. The first-order chi connectivity index (χ1) is 10.2. The molecule has 2 aromatic carbocycles. The molecule has 0 amide bonds. The Morgan fingerprint density at radius 2 is 1.81 bits per heavy atom. The summed E-state index contributed by atoms with van der Waals surface area (Å²) in [4.78, 5) is 0. The van der Waals surface area contributed by atoms with Gasteiger partial charge in [-0.15, -0.1) is 0 Å². The van der Waals surface area contributed by atoms with E-state index in [2.05, 4.69) is 18.3 Å². The van der Waals surface area contributed by atoms with Crippen molar-refractivity contribution in [3.8, 4) is 5.75 Å². The molecule has 0 aliphatic carbocycles. The van der Waals surface area contributed by atoms with Gasteiger partial charge < -0.3 is 15.2 Å². The molecule has 3 rings (SSSR count). The predicted octanol–water partition coefficient (Wildman–Crippen LogP) is 2.86. The molecular weight excluding hydrogens is 262 g/mol. The highest BCUT2D eigenvalue weighted by Gasteiger charge is 2.44. The molecule has 3 atom stereocenters. The van der Waals surface area contributed by atoms with Gasteiger partial charge in [0.1, 0.15) is 5.75 Å². The Labute approximate surface area is 125 Å². The van der Waals surface area contributed by atoms with Gasteiger partial charge in [-0.1, -0.05) is 48.5 Å². The SMILES string of the molecule is CN[C@@]1(C)c2ccccc2OC[C@H]1[C@@H](O)c1ccccc1. The van der Waals surface area contributed by atoms with E-state index >= 15 is 0 Å². The third-order valence-electron chi connectivity index (χ3n) is 4.65. The number of nitrogens with one attached hydrogen (secondary N) is 1. The zero-order valence-electron chi connectivity index (χ0n) is 12.4. The van der Waals surface area contributed by atoms with Crippen molar-refractivity contribution < 1.29 is 9.84 Å². The highest BCUT2D eigenvalue weighted by atomic mass is 16.5. The summed E-state index contributed by atoms with van der Waals surface area (Å²) in [7, 11) is 1.94. The van der Waals surface area contributed by atoms with E-state index in [4.69, 9.17) is 4.74 Å². The molecule has 1 aliphatic rings. The maximum absolute atomic E-state index is 10.8. The molecule has 0 saturated heterocycles. The van der Waals surface area contributed by atoms with Gasteiger partial charge in [-0.05, 0) is 25.6 Å². The topological polar surface area (TPSA) is 41.5 Å². The van der Waals surface area contributed by atoms with E-state index in [-0.39, 0.29) is 11.5 Å². The molecule has 0 aromatic heterocycles. The number of rotatable bonds is 3. The highest BCUT2D eigenvalue weighted by molar-refractivity contribution is 5.42. The second-order valence-corrected chi connectivity index (χ2v) is 5.72. The van der Waals surface area contributed by atoms with E-state index in [1.165, 1.54) is 0 Å². The number of ether oxygens (including phenoxy) is 1. The highest BCUT2D eigenvalue weighted by Crippen LogP contribution is 2.44. The van der Waals surface area contributed by atoms with E-state index in [0.717, 1.165) is 16.9 Å². The van der Waals surface area contributed by atoms with Crippen LogP contribution in [-0.4, -0.2) is 18.8 Å². The monoisotopic (exact) mass is 283 g/mol. The van der Waals surface area contributed by atoms with Gasteiger partial charge >= 0.3 is 0 Å². The Kier molecular flexibility index (Phi) is 3.70. The van der Waals surface area contributed by atoms with Crippen molar-refractivity contribution in [2.24, 2.45) is 5.92 Å². The number of para-hydroxylation sites is 1. The molecule has 21 heavy (non-hydrogen) atoms. The van der Waals surface area contributed by atoms with Gasteiger partial charge in [0.25, 0.3) is 0 Å². The van der Waals surface area contributed by atoms with Gasteiger partial charge in [0, 0.05) is 11.5 Å². The maximum Gasteiger partial charge on any atom is 0.124 e. The van der Waals surface area contributed by atoms with E-state index in [0.29, 0.717) is 6.61 Å². The Hall–Kier alpha value is -1.84. The predicted molar refractivity (Wildman–Crippen MR) is 83.2 cm³/mol. The molecule has 0 saturated carbocycles. The first-order valence-corrected chi connectivity index (χ1v) is 7.31. The molecule has 0 fully saturated rings. The first-order valence-electron chi connectivity index (χ1n) is 7.31. The smallest absolute Gasteiger partial charge is 0.124 e. The first kappa shape index (κ1) is 14.1. The maximum atomic E-state index is 10.8. The molecule has 0 spiro atoms.